The van der Waals surface area contributed by atoms with E-state index in [9.17, 15) is 4.79 Å². The summed E-state index contributed by atoms with van der Waals surface area (Å²) in [4.78, 5) is 13.1. The summed E-state index contributed by atoms with van der Waals surface area (Å²) in [6.45, 7) is 11.5. The van der Waals surface area contributed by atoms with Crippen LogP contribution in [0.1, 0.15) is 53.9 Å². The molecule has 174 valence electrons. The predicted molar refractivity (Wildman–Crippen MR) is 116 cm³/mol. The molecule has 0 aliphatic carbocycles. The van der Waals surface area contributed by atoms with Crippen molar-refractivity contribution in [3.63, 3.8) is 0 Å². The lowest BCUT2D eigenvalue weighted by Crippen LogP contribution is -2.69. The van der Waals surface area contributed by atoms with Crippen molar-refractivity contribution >= 4 is 23.7 Å². The lowest BCUT2D eigenvalue weighted by Gasteiger charge is -2.47. The average molecular weight is 455 g/mol. The maximum atomic E-state index is 13.1. The molecule has 0 aliphatic heterocycles. The molecular weight excluding hydrogens is 412 g/mol. The van der Waals surface area contributed by atoms with E-state index in [-0.39, 0.29) is 6.54 Å². The second-order valence-corrected chi connectivity index (χ2v) is 12.4. The molecule has 0 rings (SSSR count). The summed E-state index contributed by atoms with van der Waals surface area (Å²) in [5.74, 6) is -0.506. The third kappa shape index (κ3) is 6.31. The number of nitrogens with two attached hydrogens (primary N) is 1. The fourth-order valence-electron chi connectivity index (χ4n) is 3.76. The van der Waals surface area contributed by atoms with Crippen molar-refractivity contribution in [3.8, 4) is 0 Å². The Kier molecular flexibility index (Phi) is 13.7. The first-order valence-corrected chi connectivity index (χ1v) is 13.8. The van der Waals surface area contributed by atoms with Crippen LogP contribution in [-0.4, -0.2) is 82.5 Å². The molecule has 0 aromatic heterocycles. The van der Waals surface area contributed by atoms with Crippen molar-refractivity contribution in [2.24, 2.45) is 5.73 Å². The molecule has 0 aromatic rings. The highest BCUT2D eigenvalue weighted by molar-refractivity contribution is 6.69. The van der Waals surface area contributed by atoms with Crippen LogP contribution in [0.4, 0.5) is 0 Å². The first-order valence-electron chi connectivity index (χ1n) is 10.4. The first-order chi connectivity index (χ1) is 13.8. The summed E-state index contributed by atoms with van der Waals surface area (Å²) in [7, 11) is -2.11. The van der Waals surface area contributed by atoms with Crippen LogP contribution in [0.2, 0.25) is 5.04 Å². The average Bonchev–Trinajstić information content (AvgIpc) is 2.69. The Morgan fingerprint density at radius 3 is 1.59 bits per heavy atom. The summed E-state index contributed by atoms with van der Waals surface area (Å²) >= 11 is 0. The summed E-state index contributed by atoms with van der Waals surface area (Å²) in [5.41, 5.74) is 6.07. The van der Waals surface area contributed by atoms with E-state index in [1.807, 2.05) is 39.2 Å². The molecule has 0 radical (unpaired) electrons. The van der Waals surface area contributed by atoms with E-state index in [0.717, 1.165) is 6.42 Å². The van der Waals surface area contributed by atoms with E-state index >= 15 is 0 Å². The Balaban J connectivity index is 6.66. The van der Waals surface area contributed by atoms with E-state index < -0.39 is 28.7 Å². The lowest BCUT2D eigenvalue weighted by atomic mass is 10.0. The van der Waals surface area contributed by atoms with Crippen LogP contribution in [0.25, 0.3) is 0 Å². The zero-order chi connectivity index (χ0) is 22.6. The van der Waals surface area contributed by atoms with Crippen LogP contribution in [0.5, 0.6) is 0 Å². The molecule has 29 heavy (non-hydrogen) atoms. The minimum atomic E-state index is -3.53. The van der Waals surface area contributed by atoms with Gasteiger partial charge < -0.3 is 32.3 Å². The molecule has 0 spiro atoms. The van der Waals surface area contributed by atoms with E-state index in [2.05, 4.69) is 0 Å². The van der Waals surface area contributed by atoms with Gasteiger partial charge >= 0.3 is 17.8 Å². The second-order valence-electron chi connectivity index (χ2n) is 6.61. The van der Waals surface area contributed by atoms with Gasteiger partial charge in [-0.25, -0.2) is 0 Å². The topological polar surface area (TPSA) is 102 Å². The maximum Gasteiger partial charge on any atom is 0.598 e. The number of carbonyl (C=O) groups is 1. The Morgan fingerprint density at radius 2 is 1.31 bits per heavy atom. The third-order valence-corrected chi connectivity index (χ3v) is 11.4. The minimum absolute atomic E-state index is 0.206. The zero-order valence-electron chi connectivity index (χ0n) is 19.5. The van der Waals surface area contributed by atoms with Crippen LogP contribution in [0.15, 0.2) is 0 Å². The number of nitrogens with zero attached hydrogens (tertiary/aromatic N) is 1. The van der Waals surface area contributed by atoms with E-state index in [1.165, 1.54) is 0 Å². The van der Waals surface area contributed by atoms with Crippen molar-refractivity contribution in [1.29, 1.82) is 0 Å². The first kappa shape index (κ1) is 28.6. The Bertz CT molecular complexity index is 444. The van der Waals surface area contributed by atoms with Gasteiger partial charge in [0, 0.05) is 47.7 Å². The molecule has 2 N–H and O–H groups in total. The van der Waals surface area contributed by atoms with Crippen molar-refractivity contribution < 1.29 is 31.4 Å². The Labute approximate surface area is 178 Å². The molecule has 0 fully saturated rings. The summed E-state index contributed by atoms with van der Waals surface area (Å²) < 4.78 is 37.5. The fourth-order valence-corrected chi connectivity index (χ4v) is 9.62. The third-order valence-electron chi connectivity index (χ3n) is 4.85. The SMILES string of the molecule is CCCN(CC(CCC)(C(N)=O)[Si](OCC)(OCC)OCC)[Si](OC)(OC)OC. The maximum absolute atomic E-state index is 13.1. The van der Waals surface area contributed by atoms with E-state index in [4.69, 9.17) is 32.3 Å². The van der Waals surface area contributed by atoms with Crippen molar-refractivity contribution in [1.82, 2.24) is 4.57 Å². The number of hydrogen-bond donors (Lipinski definition) is 1. The lowest BCUT2D eigenvalue weighted by molar-refractivity contribution is -0.124. The van der Waals surface area contributed by atoms with Gasteiger partial charge in [-0.2, -0.15) is 0 Å². The minimum Gasteiger partial charge on any atom is -0.373 e. The molecule has 0 bridgehead atoms. The highest BCUT2D eigenvalue weighted by Gasteiger charge is 2.66. The molecule has 0 heterocycles. The summed E-state index contributed by atoms with van der Waals surface area (Å²) in [6, 6.07) is 0. The van der Waals surface area contributed by atoms with Gasteiger partial charge in [-0.3, -0.25) is 9.36 Å². The van der Waals surface area contributed by atoms with Crippen LogP contribution in [0.3, 0.4) is 0 Å². The van der Waals surface area contributed by atoms with Gasteiger partial charge in [-0.05, 0) is 40.2 Å². The largest absolute Gasteiger partial charge is 0.598 e. The number of carbonyl (C=O) groups excluding carboxylic acids is 1. The fraction of sp³-hybridized carbons (Fsp3) is 0.944. The normalized spacial score (nSPS) is 14.9. The monoisotopic (exact) mass is 454 g/mol. The zero-order valence-corrected chi connectivity index (χ0v) is 21.5. The van der Waals surface area contributed by atoms with Crippen molar-refractivity contribution in [2.75, 3.05) is 54.2 Å². The van der Waals surface area contributed by atoms with E-state index in [1.54, 1.807) is 21.3 Å². The summed E-state index contributed by atoms with van der Waals surface area (Å²) in [5, 5.41) is -1.17. The Morgan fingerprint density at radius 1 is 0.862 bits per heavy atom. The van der Waals surface area contributed by atoms with E-state index in [0.29, 0.717) is 39.2 Å². The molecule has 1 amide bonds. The molecule has 0 aliphatic rings. The van der Waals surface area contributed by atoms with Gasteiger partial charge in [0.15, 0.2) is 0 Å². The van der Waals surface area contributed by atoms with Crippen LogP contribution < -0.4 is 5.73 Å². The number of amides is 1. The van der Waals surface area contributed by atoms with Gasteiger partial charge in [0.2, 0.25) is 5.91 Å². The Hall–Kier alpha value is -0.376. The standard InChI is InChI=1S/C18H42N2O7Si2/c1-9-14-18(17(19)21,28(25-11-3,26-12-4)27-13-5)16-20(15-10-2)29(22-6,23-7)24-8/h9-16H2,1-8H3,(H2,19,21). The molecule has 0 saturated heterocycles. The highest BCUT2D eigenvalue weighted by Crippen LogP contribution is 2.46. The molecule has 9 nitrogen and oxygen atoms in total. The van der Waals surface area contributed by atoms with Crippen molar-refractivity contribution in [2.45, 2.75) is 58.9 Å². The van der Waals surface area contributed by atoms with Gasteiger partial charge in [0.1, 0.15) is 5.04 Å². The predicted octanol–water partition coefficient (Wildman–Crippen LogP) is 2.15. The number of rotatable bonds is 18. The van der Waals surface area contributed by atoms with Gasteiger partial charge in [0.25, 0.3) is 0 Å². The van der Waals surface area contributed by atoms with Crippen molar-refractivity contribution in [3.05, 3.63) is 0 Å². The molecular formula is C18H42N2O7Si2. The van der Waals surface area contributed by atoms with Crippen LogP contribution >= 0.6 is 0 Å². The molecule has 0 saturated carbocycles. The molecule has 1 unspecified atom stereocenters. The number of hydrogen-bond acceptors (Lipinski definition) is 8. The van der Waals surface area contributed by atoms with Gasteiger partial charge in [0.05, 0.1) is 0 Å². The smallest absolute Gasteiger partial charge is 0.373 e. The second kappa shape index (κ2) is 13.8. The van der Waals surface area contributed by atoms with Crippen LogP contribution in [0, 0.1) is 0 Å². The van der Waals surface area contributed by atoms with Crippen LogP contribution in [-0.2, 0) is 31.4 Å². The van der Waals surface area contributed by atoms with Gasteiger partial charge in [-0.1, -0.05) is 20.3 Å². The highest BCUT2D eigenvalue weighted by atomic mass is 28.4. The van der Waals surface area contributed by atoms with Gasteiger partial charge in [-0.15, -0.1) is 0 Å². The molecule has 1 atom stereocenters. The number of primary amides is 1. The molecule has 11 heteroatoms. The molecule has 0 aromatic carbocycles. The quantitative estimate of drug-likeness (QED) is 0.314. The summed E-state index contributed by atoms with van der Waals surface area (Å²) in [6.07, 6.45) is 1.96.